The van der Waals surface area contributed by atoms with Crippen molar-refractivity contribution >= 4 is 28.9 Å². The average molecular weight is 320 g/mol. The summed E-state index contributed by atoms with van der Waals surface area (Å²) in [6.45, 7) is 2.17. The van der Waals surface area contributed by atoms with Gasteiger partial charge in [0.25, 0.3) is 0 Å². The first-order valence-electron chi connectivity index (χ1n) is 7.47. The van der Waals surface area contributed by atoms with Crippen molar-refractivity contribution in [2.45, 2.75) is 38.6 Å². The lowest BCUT2D eigenvalue weighted by Crippen LogP contribution is -2.09. The van der Waals surface area contributed by atoms with Crippen LogP contribution in [0.1, 0.15) is 42.5 Å². The predicted molar refractivity (Wildman–Crippen MR) is 91.6 cm³/mol. The summed E-state index contributed by atoms with van der Waals surface area (Å²) in [7, 11) is 0. The molecule has 3 rings (SSSR count). The molecule has 0 fully saturated rings. The summed E-state index contributed by atoms with van der Waals surface area (Å²) >= 11 is 12.0. The molecule has 110 valence electrons. The SMILES string of the molecule is CC(Nc1ccc(Cl)c(Cl)c1)c1ccc2c(c1)CCCC2. The Morgan fingerprint density at radius 2 is 1.67 bits per heavy atom. The van der Waals surface area contributed by atoms with E-state index in [0.29, 0.717) is 10.0 Å². The Bertz CT molecular complexity index is 652. The van der Waals surface area contributed by atoms with E-state index >= 15 is 0 Å². The van der Waals surface area contributed by atoms with Gasteiger partial charge in [-0.2, -0.15) is 0 Å². The normalized spacial score (nSPS) is 15.4. The number of halogens is 2. The molecule has 0 heterocycles. The molecule has 0 aromatic heterocycles. The molecule has 0 spiro atoms. The first-order valence-corrected chi connectivity index (χ1v) is 8.22. The summed E-state index contributed by atoms with van der Waals surface area (Å²) < 4.78 is 0. The third-order valence-electron chi connectivity index (χ3n) is 4.18. The van der Waals surface area contributed by atoms with Gasteiger partial charge < -0.3 is 5.32 Å². The Kier molecular flexibility index (Phi) is 4.42. The molecule has 1 N–H and O–H groups in total. The number of aryl methyl sites for hydroxylation is 2. The third kappa shape index (κ3) is 3.36. The summed E-state index contributed by atoms with van der Waals surface area (Å²) in [6, 6.07) is 12.8. The lowest BCUT2D eigenvalue weighted by Gasteiger charge is -2.21. The molecule has 0 saturated carbocycles. The van der Waals surface area contributed by atoms with Crippen LogP contribution in [-0.2, 0) is 12.8 Å². The zero-order valence-corrected chi connectivity index (χ0v) is 13.6. The van der Waals surface area contributed by atoms with E-state index in [4.69, 9.17) is 23.2 Å². The van der Waals surface area contributed by atoms with Gasteiger partial charge in [-0.05, 0) is 67.5 Å². The van der Waals surface area contributed by atoms with Gasteiger partial charge in [0, 0.05) is 11.7 Å². The average Bonchev–Trinajstić information content (AvgIpc) is 2.50. The number of rotatable bonds is 3. The molecule has 1 aliphatic rings. The highest BCUT2D eigenvalue weighted by molar-refractivity contribution is 6.42. The van der Waals surface area contributed by atoms with E-state index in [2.05, 4.69) is 30.4 Å². The molecule has 21 heavy (non-hydrogen) atoms. The Morgan fingerprint density at radius 1 is 0.905 bits per heavy atom. The maximum absolute atomic E-state index is 6.07. The van der Waals surface area contributed by atoms with Crippen molar-refractivity contribution in [1.82, 2.24) is 0 Å². The van der Waals surface area contributed by atoms with Crippen molar-refractivity contribution in [3.05, 3.63) is 63.1 Å². The molecule has 2 aromatic carbocycles. The van der Waals surface area contributed by atoms with E-state index in [9.17, 15) is 0 Å². The van der Waals surface area contributed by atoms with E-state index in [1.165, 1.54) is 42.4 Å². The standard InChI is InChI=1S/C18H19Cl2N/c1-12(21-16-8-9-17(19)18(20)11-16)14-7-6-13-4-2-3-5-15(13)10-14/h6-12,21H,2-5H2,1H3. The zero-order valence-electron chi connectivity index (χ0n) is 12.1. The lowest BCUT2D eigenvalue weighted by molar-refractivity contribution is 0.683. The molecule has 0 amide bonds. The number of anilines is 1. The van der Waals surface area contributed by atoms with Gasteiger partial charge in [-0.1, -0.05) is 41.4 Å². The fourth-order valence-corrected chi connectivity index (χ4v) is 3.24. The summed E-state index contributed by atoms with van der Waals surface area (Å²) in [4.78, 5) is 0. The molecule has 3 heteroatoms. The highest BCUT2D eigenvalue weighted by atomic mass is 35.5. The van der Waals surface area contributed by atoms with Crippen LogP contribution < -0.4 is 5.32 Å². The highest BCUT2D eigenvalue weighted by Gasteiger charge is 2.12. The smallest absolute Gasteiger partial charge is 0.0612 e. The van der Waals surface area contributed by atoms with Crippen LogP contribution >= 0.6 is 23.2 Å². The van der Waals surface area contributed by atoms with Gasteiger partial charge >= 0.3 is 0 Å². The number of benzene rings is 2. The molecule has 0 saturated heterocycles. The fraction of sp³-hybridized carbons (Fsp3) is 0.333. The van der Waals surface area contributed by atoms with Crippen molar-refractivity contribution in [2.75, 3.05) is 5.32 Å². The molecule has 0 radical (unpaired) electrons. The molecular weight excluding hydrogens is 301 g/mol. The molecule has 1 atom stereocenters. The lowest BCUT2D eigenvalue weighted by atomic mass is 9.89. The van der Waals surface area contributed by atoms with Gasteiger partial charge in [0.1, 0.15) is 0 Å². The Balaban J connectivity index is 1.78. The second-order valence-corrected chi connectivity index (χ2v) is 6.54. The van der Waals surface area contributed by atoms with Gasteiger partial charge in [-0.3, -0.25) is 0 Å². The van der Waals surface area contributed by atoms with E-state index in [-0.39, 0.29) is 6.04 Å². The topological polar surface area (TPSA) is 12.0 Å². The van der Waals surface area contributed by atoms with Gasteiger partial charge in [0.05, 0.1) is 10.0 Å². The highest BCUT2D eigenvalue weighted by Crippen LogP contribution is 2.29. The van der Waals surface area contributed by atoms with Crippen molar-refractivity contribution in [2.24, 2.45) is 0 Å². The molecule has 0 bridgehead atoms. The Labute approximate surface area is 136 Å². The number of nitrogens with one attached hydrogen (secondary N) is 1. The largest absolute Gasteiger partial charge is 0.378 e. The van der Waals surface area contributed by atoms with Crippen LogP contribution in [0, 0.1) is 0 Å². The quantitative estimate of drug-likeness (QED) is 0.726. The van der Waals surface area contributed by atoms with Gasteiger partial charge in [-0.15, -0.1) is 0 Å². The minimum atomic E-state index is 0.245. The first-order chi connectivity index (χ1) is 10.1. The monoisotopic (exact) mass is 319 g/mol. The zero-order chi connectivity index (χ0) is 14.8. The molecule has 1 aliphatic carbocycles. The van der Waals surface area contributed by atoms with E-state index in [1.807, 2.05) is 18.2 Å². The number of hydrogen-bond donors (Lipinski definition) is 1. The van der Waals surface area contributed by atoms with Crippen molar-refractivity contribution in [1.29, 1.82) is 0 Å². The van der Waals surface area contributed by atoms with Crippen molar-refractivity contribution in [3.63, 3.8) is 0 Å². The minimum absolute atomic E-state index is 0.245. The fourth-order valence-electron chi connectivity index (χ4n) is 2.94. The van der Waals surface area contributed by atoms with Gasteiger partial charge in [0.2, 0.25) is 0 Å². The summed E-state index contributed by atoms with van der Waals surface area (Å²) in [5.41, 5.74) is 5.35. The molecule has 1 unspecified atom stereocenters. The second kappa shape index (κ2) is 6.29. The predicted octanol–water partition coefficient (Wildman–Crippen LogP) is 6.05. The van der Waals surface area contributed by atoms with Crippen LogP contribution in [0.4, 0.5) is 5.69 Å². The van der Waals surface area contributed by atoms with Crippen molar-refractivity contribution < 1.29 is 0 Å². The summed E-state index contributed by atoms with van der Waals surface area (Å²) in [6.07, 6.45) is 5.07. The van der Waals surface area contributed by atoms with Crippen LogP contribution in [-0.4, -0.2) is 0 Å². The van der Waals surface area contributed by atoms with E-state index < -0.39 is 0 Å². The first kappa shape index (κ1) is 14.7. The third-order valence-corrected chi connectivity index (χ3v) is 4.91. The summed E-state index contributed by atoms with van der Waals surface area (Å²) in [5.74, 6) is 0. The van der Waals surface area contributed by atoms with Crippen LogP contribution in [0.25, 0.3) is 0 Å². The Hall–Kier alpha value is -1.18. The van der Waals surface area contributed by atoms with E-state index in [0.717, 1.165) is 5.69 Å². The maximum atomic E-state index is 6.07. The molecular formula is C18H19Cl2N. The van der Waals surface area contributed by atoms with Crippen LogP contribution in [0.15, 0.2) is 36.4 Å². The second-order valence-electron chi connectivity index (χ2n) is 5.73. The van der Waals surface area contributed by atoms with Crippen LogP contribution in [0.5, 0.6) is 0 Å². The maximum Gasteiger partial charge on any atom is 0.0612 e. The van der Waals surface area contributed by atoms with Crippen LogP contribution in [0.2, 0.25) is 10.0 Å². The molecule has 1 nitrogen and oxygen atoms in total. The summed E-state index contributed by atoms with van der Waals surface area (Å²) in [5, 5.41) is 4.66. The van der Waals surface area contributed by atoms with Gasteiger partial charge in [-0.25, -0.2) is 0 Å². The van der Waals surface area contributed by atoms with Crippen LogP contribution in [0.3, 0.4) is 0 Å². The molecule has 0 aliphatic heterocycles. The van der Waals surface area contributed by atoms with Gasteiger partial charge in [0.15, 0.2) is 0 Å². The van der Waals surface area contributed by atoms with E-state index in [1.54, 1.807) is 0 Å². The number of hydrogen-bond acceptors (Lipinski definition) is 1. The Morgan fingerprint density at radius 3 is 2.43 bits per heavy atom. The number of fused-ring (bicyclic) bond motifs is 1. The molecule has 2 aromatic rings. The van der Waals surface area contributed by atoms with Crippen molar-refractivity contribution in [3.8, 4) is 0 Å². The minimum Gasteiger partial charge on any atom is -0.378 e.